The molecular formula is C13H12BrNO3. The molecule has 0 spiro atoms. The smallest absolute Gasteiger partial charge is 0.327 e. The number of terminal acetylenes is 1. The van der Waals surface area contributed by atoms with Gasteiger partial charge in [0, 0.05) is 10.9 Å². The van der Waals surface area contributed by atoms with Crippen molar-refractivity contribution >= 4 is 27.8 Å². The Kier molecular flexibility index (Phi) is 4.93. The number of amides is 1. The first kappa shape index (κ1) is 14.3. The van der Waals surface area contributed by atoms with Gasteiger partial charge in [0.15, 0.2) is 0 Å². The maximum atomic E-state index is 11.9. The Hall–Kier alpha value is -1.80. The van der Waals surface area contributed by atoms with E-state index in [2.05, 4.69) is 27.2 Å². The molecule has 1 rings (SSSR count). The summed E-state index contributed by atoms with van der Waals surface area (Å²) in [6.07, 6.45) is 5.01. The van der Waals surface area contributed by atoms with Crippen LogP contribution in [0.25, 0.3) is 0 Å². The van der Waals surface area contributed by atoms with Crippen LogP contribution >= 0.6 is 15.9 Å². The Labute approximate surface area is 114 Å². The SMILES string of the molecule is C#CCC(NC(=O)c1cc(C)ccc1Br)C(=O)O. The predicted molar refractivity (Wildman–Crippen MR) is 71.2 cm³/mol. The molecule has 1 atom stereocenters. The average molecular weight is 310 g/mol. The van der Waals surface area contributed by atoms with Crippen LogP contribution in [0.2, 0.25) is 0 Å². The molecule has 1 amide bonds. The topological polar surface area (TPSA) is 66.4 Å². The Bertz CT molecular complexity index is 519. The second-order valence-corrected chi connectivity index (χ2v) is 4.61. The quantitative estimate of drug-likeness (QED) is 0.836. The van der Waals surface area contributed by atoms with Gasteiger partial charge in [0.25, 0.3) is 5.91 Å². The van der Waals surface area contributed by atoms with E-state index >= 15 is 0 Å². The van der Waals surface area contributed by atoms with E-state index in [1.165, 1.54) is 0 Å². The molecule has 0 fully saturated rings. The highest BCUT2D eigenvalue weighted by Gasteiger charge is 2.20. The molecule has 0 heterocycles. The van der Waals surface area contributed by atoms with E-state index < -0.39 is 17.9 Å². The van der Waals surface area contributed by atoms with E-state index in [-0.39, 0.29) is 6.42 Å². The molecule has 2 N–H and O–H groups in total. The number of benzene rings is 1. The Morgan fingerprint density at radius 3 is 2.78 bits per heavy atom. The van der Waals surface area contributed by atoms with Gasteiger partial charge >= 0.3 is 5.97 Å². The summed E-state index contributed by atoms with van der Waals surface area (Å²) in [6.45, 7) is 1.85. The number of halogens is 1. The summed E-state index contributed by atoms with van der Waals surface area (Å²) in [7, 11) is 0. The Balaban J connectivity index is 2.91. The van der Waals surface area contributed by atoms with Crippen LogP contribution in [0.1, 0.15) is 22.3 Å². The lowest BCUT2D eigenvalue weighted by atomic mass is 10.1. The van der Waals surface area contributed by atoms with Crippen molar-refractivity contribution in [3.63, 3.8) is 0 Å². The minimum absolute atomic E-state index is 0.0511. The van der Waals surface area contributed by atoms with Crippen molar-refractivity contribution in [2.75, 3.05) is 0 Å². The molecule has 94 valence electrons. The van der Waals surface area contributed by atoms with Gasteiger partial charge in [-0.2, -0.15) is 0 Å². The van der Waals surface area contributed by atoms with Gasteiger partial charge < -0.3 is 10.4 Å². The molecular weight excluding hydrogens is 298 g/mol. The van der Waals surface area contributed by atoms with E-state index in [0.29, 0.717) is 10.0 Å². The predicted octanol–water partition coefficient (Wildman–Crippen LogP) is 1.96. The second kappa shape index (κ2) is 6.22. The van der Waals surface area contributed by atoms with E-state index in [9.17, 15) is 9.59 Å². The van der Waals surface area contributed by atoms with Crippen LogP contribution in [0.3, 0.4) is 0 Å². The van der Waals surface area contributed by atoms with Crippen LogP contribution in [0.5, 0.6) is 0 Å². The van der Waals surface area contributed by atoms with Crippen LogP contribution in [0, 0.1) is 19.3 Å². The first-order valence-corrected chi connectivity index (χ1v) is 5.98. The van der Waals surface area contributed by atoms with Crippen molar-refractivity contribution in [1.29, 1.82) is 0 Å². The first-order valence-electron chi connectivity index (χ1n) is 5.19. The van der Waals surface area contributed by atoms with Gasteiger partial charge in [-0.05, 0) is 35.0 Å². The number of carbonyl (C=O) groups is 2. The van der Waals surface area contributed by atoms with E-state index in [1.807, 2.05) is 13.0 Å². The van der Waals surface area contributed by atoms with E-state index in [1.54, 1.807) is 12.1 Å². The number of aliphatic carboxylic acids is 1. The number of nitrogens with one attached hydrogen (secondary N) is 1. The van der Waals surface area contributed by atoms with Gasteiger partial charge in [-0.1, -0.05) is 11.6 Å². The van der Waals surface area contributed by atoms with Crippen LogP contribution < -0.4 is 5.32 Å². The maximum Gasteiger partial charge on any atom is 0.327 e. The number of carboxylic acids is 1. The van der Waals surface area contributed by atoms with Crippen molar-refractivity contribution in [2.24, 2.45) is 0 Å². The molecule has 4 nitrogen and oxygen atoms in total. The molecule has 1 unspecified atom stereocenters. The second-order valence-electron chi connectivity index (χ2n) is 3.76. The average Bonchev–Trinajstić information content (AvgIpc) is 2.31. The highest BCUT2D eigenvalue weighted by atomic mass is 79.9. The molecule has 0 aliphatic rings. The van der Waals surface area contributed by atoms with Crippen molar-refractivity contribution < 1.29 is 14.7 Å². The minimum atomic E-state index is -1.15. The summed E-state index contributed by atoms with van der Waals surface area (Å²) < 4.78 is 0.607. The molecule has 5 heteroatoms. The molecule has 0 bridgehead atoms. The highest BCUT2D eigenvalue weighted by molar-refractivity contribution is 9.10. The highest BCUT2D eigenvalue weighted by Crippen LogP contribution is 2.18. The van der Waals surface area contributed by atoms with Crippen molar-refractivity contribution in [3.05, 3.63) is 33.8 Å². The number of rotatable bonds is 4. The monoisotopic (exact) mass is 309 g/mol. The van der Waals surface area contributed by atoms with Crippen molar-refractivity contribution in [2.45, 2.75) is 19.4 Å². The van der Waals surface area contributed by atoms with Gasteiger partial charge in [0.05, 0.1) is 5.56 Å². The molecule has 0 aromatic heterocycles. The van der Waals surface area contributed by atoms with Crippen molar-refractivity contribution in [3.8, 4) is 12.3 Å². The standard InChI is InChI=1S/C13H12BrNO3/c1-3-4-11(13(17)18)15-12(16)9-7-8(2)5-6-10(9)14/h1,5-7,11H,4H2,2H3,(H,15,16)(H,17,18). The minimum Gasteiger partial charge on any atom is -0.480 e. The zero-order chi connectivity index (χ0) is 13.7. The zero-order valence-corrected chi connectivity index (χ0v) is 11.3. The molecule has 0 saturated carbocycles. The lowest BCUT2D eigenvalue weighted by Gasteiger charge is -2.13. The lowest BCUT2D eigenvalue weighted by molar-refractivity contribution is -0.139. The van der Waals surface area contributed by atoms with Gasteiger partial charge in [-0.3, -0.25) is 4.79 Å². The fraction of sp³-hybridized carbons (Fsp3) is 0.231. The number of carboxylic acid groups (broad SMARTS) is 1. The summed E-state index contributed by atoms with van der Waals surface area (Å²) in [5, 5.41) is 11.3. The van der Waals surface area contributed by atoms with Crippen LogP contribution in [0.4, 0.5) is 0 Å². The van der Waals surface area contributed by atoms with E-state index in [4.69, 9.17) is 11.5 Å². The number of carbonyl (C=O) groups excluding carboxylic acids is 1. The van der Waals surface area contributed by atoms with E-state index in [0.717, 1.165) is 5.56 Å². The maximum absolute atomic E-state index is 11.9. The molecule has 1 aromatic rings. The fourth-order valence-electron chi connectivity index (χ4n) is 1.37. The summed E-state index contributed by atoms with van der Waals surface area (Å²) >= 11 is 3.25. The van der Waals surface area contributed by atoms with Crippen LogP contribution in [0.15, 0.2) is 22.7 Å². The van der Waals surface area contributed by atoms with Gasteiger partial charge in [-0.25, -0.2) is 4.79 Å². The van der Waals surface area contributed by atoms with Gasteiger partial charge in [-0.15, -0.1) is 12.3 Å². The lowest BCUT2D eigenvalue weighted by Crippen LogP contribution is -2.40. The third kappa shape index (κ3) is 3.60. The molecule has 18 heavy (non-hydrogen) atoms. The summed E-state index contributed by atoms with van der Waals surface area (Å²) in [4.78, 5) is 22.8. The Morgan fingerprint density at radius 2 is 2.22 bits per heavy atom. The largest absolute Gasteiger partial charge is 0.480 e. The third-order valence-electron chi connectivity index (χ3n) is 2.29. The molecule has 0 aliphatic carbocycles. The van der Waals surface area contributed by atoms with Crippen LogP contribution in [-0.2, 0) is 4.79 Å². The Morgan fingerprint density at radius 1 is 1.56 bits per heavy atom. The molecule has 1 aromatic carbocycles. The van der Waals surface area contributed by atoms with Crippen molar-refractivity contribution in [1.82, 2.24) is 5.32 Å². The number of hydrogen-bond donors (Lipinski definition) is 2. The summed E-state index contributed by atoms with van der Waals surface area (Å²) in [6, 6.07) is 4.18. The number of hydrogen-bond acceptors (Lipinski definition) is 2. The third-order valence-corrected chi connectivity index (χ3v) is 2.98. The van der Waals surface area contributed by atoms with Gasteiger partial charge in [0.2, 0.25) is 0 Å². The number of aryl methyl sites for hydroxylation is 1. The normalized spacial score (nSPS) is 11.4. The summed E-state index contributed by atoms with van der Waals surface area (Å²) in [5.74, 6) is 0.612. The van der Waals surface area contributed by atoms with Gasteiger partial charge in [0.1, 0.15) is 6.04 Å². The summed E-state index contributed by atoms with van der Waals surface area (Å²) in [5.41, 5.74) is 1.30. The zero-order valence-electron chi connectivity index (χ0n) is 9.74. The molecule has 0 radical (unpaired) electrons. The fourth-order valence-corrected chi connectivity index (χ4v) is 1.79. The molecule has 0 saturated heterocycles. The molecule has 0 aliphatic heterocycles. The first-order chi connectivity index (χ1) is 8.45. The van der Waals surface area contributed by atoms with Crippen LogP contribution in [-0.4, -0.2) is 23.0 Å².